The fourth-order valence-corrected chi connectivity index (χ4v) is 1.77. The number of hydrogen-bond acceptors (Lipinski definition) is 3. The molecule has 19 heavy (non-hydrogen) atoms. The number of rotatable bonds is 3. The summed E-state index contributed by atoms with van der Waals surface area (Å²) in [6, 6.07) is 14.7. The highest BCUT2D eigenvalue weighted by atomic mass is 16.2. The van der Waals surface area contributed by atoms with E-state index >= 15 is 0 Å². The Morgan fingerprint density at radius 2 is 1.84 bits per heavy atom. The van der Waals surface area contributed by atoms with Gasteiger partial charge in [0.1, 0.15) is 11.4 Å². The molecule has 4 heteroatoms. The van der Waals surface area contributed by atoms with Crippen molar-refractivity contribution in [3.05, 3.63) is 59.8 Å². The Morgan fingerprint density at radius 3 is 2.47 bits per heavy atom. The molecule has 0 bridgehead atoms. The molecular weight excluding hydrogens is 238 g/mol. The average molecular weight is 255 g/mol. The minimum absolute atomic E-state index is 0.281. The summed E-state index contributed by atoms with van der Waals surface area (Å²) in [6.45, 7) is 3.56. The van der Waals surface area contributed by atoms with E-state index in [1.807, 2.05) is 49.4 Å². The van der Waals surface area contributed by atoms with Crippen molar-refractivity contribution in [3.8, 4) is 0 Å². The molecule has 4 nitrogen and oxygen atoms in total. The summed E-state index contributed by atoms with van der Waals surface area (Å²) in [5, 5.41) is 2.75. The second-order valence-electron chi connectivity index (χ2n) is 4.69. The van der Waals surface area contributed by atoms with Crippen molar-refractivity contribution in [1.29, 1.82) is 0 Å². The van der Waals surface area contributed by atoms with Gasteiger partial charge in [-0.25, -0.2) is 4.98 Å². The van der Waals surface area contributed by atoms with Crippen molar-refractivity contribution >= 4 is 11.7 Å². The molecule has 0 radical (unpaired) electrons. The van der Waals surface area contributed by atoms with Crippen molar-refractivity contribution in [2.45, 2.75) is 19.4 Å². The molecule has 1 aromatic heterocycles. The lowest BCUT2D eigenvalue weighted by Crippen LogP contribution is -2.45. The van der Waals surface area contributed by atoms with Gasteiger partial charge in [-0.2, -0.15) is 0 Å². The molecule has 1 aromatic carbocycles. The number of carbonyl (C=O) groups excluding carboxylic acids is 1. The Hall–Kier alpha value is -2.20. The Balaban J connectivity index is 2.20. The summed E-state index contributed by atoms with van der Waals surface area (Å²) in [5.41, 5.74) is 6.64. The molecule has 3 N–H and O–H groups in total. The van der Waals surface area contributed by atoms with E-state index < -0.39 is 5.54 Å². The maximum atomic E-state index is 12.3. The van der Waals surface area contributed by atoms with Crippen molar-refractivity contribution in [2.24, 2.45) is 5.73 Å². The molecular formula is C15H17N3O. The first-order chi connectivity index (χ1) is 9.00. The maximum Gasteiger partial charge on any atom is 0.249 e. The molecule has 2 rings (SSSR count). The SMILES string of the molecule is Cc1cccc(NC(=O)C(C)(N)c2ccccc2)n1. The molecule has 0 fully saturated rings. The zero-order valence-electron chi connectivity index (χ0n) is 11.1. The van der Waals surface area contributed by atoms with E-state index in [1.165, 1.54) is 0 Å². The summed E-state index contributed by atoms with van der Waals surface area (Å²) in [7, 11) is 0. The van der Waals surface area contributed by atoms with Gasteiger partial charge in [-0.15, -0.1) is 0 Å². The summed E-state index contributed by atoms with van der Waals surface area (Å²) < 4.78 is 0. The highest BCUT2D eigenvalue weighted by Gasteiger charge is 2.30. The quantitative estimate of drug-likeness (QED) is 0.883. The van der Waals surface area contributed by atoms with Crippen LogP contribution < -0.4 is 11.1 Å². The van der Waals surface area contributed by atoms with Crippen molar-refractivity contribution < 1.29 is 4.79 Å². The van der Waals surface area contributed by atoms with Gasteiger partial charge in [-0.3, -0.25) is 4.79 Å². The molecule has 0 aliphatic rings. The number of nitrogens with one attached hydrogen (secondary N) is 1. The molecule has 0 saturated heterocycles. The number of nitrogens with two attached hydrogens (primary N) is 1. The summed E-state index contributed by atoms with van der Waals surface area (Å²) in [4.78, 5) is 16.5. The smallest absolute Gasteiger partial charge is 0.249 e. The van der Waals surface area contributed by atoms with Crippen LogP contribution in [0.5, 0.6) is 0 Å². The number of pyridine rings is 1. The summed E-state index contributed by atoms with van der Waals surface area (Å²) in [6.07, 6.45) is 0. The van der Waals surface area contributed by atoms with Crippen LogP contribution in [-0.2, 0) is 10.3 Å². The van der Waals surface area contributed by atoms with Crippen LogP contribution in [0.4, 0.5) is 5.82 Å². The Labute approximate surface area is 112 Å². The first-order valence-corrected chi connectivity index (χ1v) is 6.09. The molecule has 0 spiro atoms. The van der Waals surface area contributed by atoms with Gasteiger partial charge < -0.3 is 11.1 Å². The second kappa shape index (κ2) is 5.20. The normalized spacial score (nSPS) is 13.6. The largest absolute Gasteiger partial charge is 0.314 e. The van der Waals surface area contributed by atoms with Gasteiger partial charge in [0.15, 0.2) is 0 Å². The fourth-order valence-electron chi connectivity index (χ4n) is 1.77. The Morgan fingerprint density at radius 1 is 1.16 bits per heavy atom. The third kappa shape index (κ3) is 2.98. The minimum atomic E-state index is -1.09. The summed E-state index contributed by atoms with van der Waals surface area (Å²) in [5.74, 6) is 0.231. The highest BCUT2D eigenvalue weighted by molar-refractivity contribution is 5.97. The van der Waals surface area contributed by atoms with Crippen LogP contribution in [0.25, 0.3) is 0 Å². The first-order valence-electron chi connectivity index (χ1n) is 6.09. The third-order valence-electron chi connectivity index (χ3n) is 2.98. The third-order valence-corrected chi connectivity index (χ3v) is 2.98. The van der Waals surface area contributed by atoms with Crippen LogP contribution in [-0.4, -0.2) is 10.9 Å². The molecule has 0 aliphatic carbocycles. The topological polar surface area (TPSA) is 68.0 Å². The molecule has 98 valence electrons. The van der Waals surface area contributed by atoms with Gasteiger partial charge >= 0.3 is 0 Å². The maximum absolute atomic E-state index is 12.3. The lowest BCUT2D eigenvalue weighted by molar-refractivity contribution is -0.120. The molecule has 0 saturated carbocycles. The molecule has 1 atom stereocenters. The predicted octanol–water partition coefficient (Wildman–Crippen LogP) is 2.20. The second-order valence-corrected chi connectivity index (χ2v) is 4.69. The highest BCUT2D eigenvalue weighted by Crippen LogP contribution is 2.19. The van der Waals surface area contributed by atoms with E-state index in [4.69, 9.17) is 5.73 Å². The van der Waals surface area contributed by atoms with E-state index in [9.17, 15) is 4.79 Å². The van der Waals surface area contributed by atoms with Crippen LogP contribution in [0, 0.1) is 6.92 Å². The van der Waals surface area contributed by atoms with Gasteiger partial charge in [-0.05, 0) is 31.5 Å². The minimum Gasteiger partial charge on any atom is -0.314 e. The molecule has 1 unspecified atom stereocenters. The zero-order chi connectivity index (χ0) is 13.9. The molecule has 2 aromatic rings. The van der Waals surface area contributed by atoms with Gasteiger partial charge in [0.2, 0.25) is 5.91 Å². The number of aromatic nitrogens is 1. The van der Waals surface area contributed by atoms with Crippen LogP contribution in [0.2, 0.25) is 0 Å². The number of benzene rings is 1. The molecule has 1 amide bonds. The van der Waals surface area contributed by atoms with Crippen molar-refractivity contribution in [3.63, 3.8) is 0 Å². The van der Waals surface area contributed by atoms with Gasteiger partial charge in [0.05, 0.1) is 0 Å². The predicted molar refractivity (Wildman–Crippen MR) is 75.6 cm³/mol. The zero-order valence-corrected chi connectivity index (χ0v) is 11.1. The van der Waals surface area contributed by atoms with Gasteiger partial charge in [0.25, 0.3) is 0 Å². The van der Waals surface area contributed by atoms with E-state index in [1.54, 1.807) is 13.0 Å². The fraction of sp³-hybridized carbons (Fsp3) is 0.200. The first kappa shape index (κ1) is 13.2. The summed E-state index contributed by atoms with van der Waals surface area (Å²) >= 11 is 0. The van der Waals surface area contributed by atoms with Gasteiger partial charge in [0, 0.05) is 5.69 Å². The van der Waals surface area contributed by atoms with E-state index in [0.29, 0.717) is 5.82 Å². The van der Waals surface area contributed by atoms with E-state index in [2.05, 4.69) is 10.3 Å². The van der Waals surface area contributed by atoms with Crippen LogP contribution in [0.1, 0.15) is 18.2 Å². The van der Waals surface area contributed by atoms with E-state index in [-0.39, 0.29) is 5.91 Å². The number of amides is 1. The van der Waals surface area contributed by atoms with Crippen LogP contribution in [0.15, 0.2) is 48.5 Å². The number of hydrogen-bond donors (Lipinski definition) is 2. The van der Waals surface area contributed by atoms with E-state index in [0.717, 1.165) is 11.3 Å². The Bertz CT molecular complexity index is 579. The number of carbonyl (C=O) groups is 1. The lowest BCUT2D eigenvalue weighted by atomic mass is 9.92. The van der Waals surface area contributed by atoms with Gasteiger partial charge in [-0.1, -0.05) is 36.4 Å². The van der Waals surface area contributed by atoms with Crippen molar-refractivity contribution in [2.75, 3.05) is 5.32 Å². The van der Waals surface area contributed by atoms with Crippen LogP contribution >= 0.6 is 0 Å². The van der Waals surface area contributed by atoms with Crippen LogP contribution in [0.3, 0.4) is 0 Å². The lowest BCUT2D eigenvalue weighted by Gasteiger charge is -2.23. The standard InChI is InChI=1S/C15H17N3O/c1-11-7-6-10-13(17-11)18-14(19)15(2,16)12-8-4-3-5-9-12/h3-10H,16H2,1-2H3,(H,17,18,19). The number of aryl methyl sites for hydroxylation is 1. The monoisotopic (exact) mass is 255 g/mol. The average Bonchev–Trinajstić information content (AvgIpc) is 2.39. The molecule has 0 aliphatic heterocycles. The number of nitrogens with zero attached hydrogens (tertiary/aromatic N) is 1. The number of anilines is 1. The van der Waals surface area contributed by atoms with Crippen molar-refractivity contribution in [1.82, 2.24) is 4.98 Å². The molecule has 1 heterocycles. The Kier molecular flexibility index (Phi) is 3.62.